The predicted molar refractivity (Wildman–Crippen MR) is 76.2 cm³/mol. The van der Waals surface area contributed by atoms with E-state index in [0.29, 0.717) is 24.1 Å². The molecule has 0 bridgehead atoms. The summed E-state index contributed by atoms with van der Waals surface area (Å²) >= 11 is 0. The molecule has 0 saturated carbocycles. The van der Waals surface area contributed by atoms with Gasteiger partial charge in [0.2, 0.25) is 0 Å². The van der Waals surface area contributed by atoms with E-state index in [2.05, 4.69) is 17.4 Å². The van der Waals surface area contributed by atoms with Crippen LogP contribution in [0.5, 0.6) is 0 Å². The van der Waals surface area contributed by atoms with Crippen LogP contribution in [-0.4, -0.2) is 11.8 Å². The Hall–Kier alpha value is -2.00. The van der Waals surface area contributed by atoms with Gasteiger partial charge in [0.05, 0.1) is 6.04 Å². The van der Waals surface area contributed by atoms with Gasteiger partial charge < -0.3 is 5.32 Å². The quantitative estimate of drug-likeness (QED) is 0.849. The number of nitrogens with one attached hydrogen (secondary N) is 1. The van der Waals surface area contributed by atoms with Crippen LogP contribution in [0.15, 0.2) is 42.5 Å². The number of hydrogen-bond donors (Lipinski definition) is 1. The molecule has 1 N–H and O–H groups in total. The highest BCUT2D eigenvalue weighted by Crippen LogP contribution is 2.19. The van der Waals surface area contributed by atoms with Crippen molar-refractivity contribution in [3.63, 3.8) is 0 Å². The molecule has 0 aliphatic carbocycles. The second kappa shape index (κ2) is 5.17. The Labute approximate surface area is 117 Å². The molecule has 1 unspecified atom stereocenters. The summed E-state index contributed by atoms with van der Waals surface area (Å²) in [5, 5.41) is 3.26. The number of benzene rings is 2. The number of hydrogen-bond acceptors (Lipinski definition) is 2. The summed E-state index contributed by atoms with van der Waals surface area (Å²) in [5.41, 5.74) is 3.53. The zero-order valence-corrected chi connectivity index (χ0v) is 11.3. The number of ketones is 1. The molecule has 0 radical (unpaired) electrons. The minimum atomic E-state index is -0.275. The molecule has 1 heterocycles. The van der Waals surface area contributed by atoms with E-state index >= 15 is 0 Å². The maximum Gasteiger partial charge on any atom is 0.180 e. The van der Waals surface area contributed by atoms with Gasteiger partial charge >= 0.3 is 0 Å². The summed E-state index contributed by atoms with van der Waals surface area (Å²) in [4.78, 5) is 12.5. The van der Waals surface area contributed by atoms with Crippen molar-refractivity contribution in [3.8, 4) is 0 Å². The van der Waals surface area contributed by atoms with E-state index in [-0.39, 0.29) is 17.6 Å². The van der Waals surface area contributed by atoms with Gasteiger partial charge in [-0.1, -0.05) is 24.3 Å². The van der Waals surface area contributed by atoms with Crippen LogP contribution in [0, 0.1) is 12.7 Å². The van der Waals surface area contributed by atoms with Crippen LogP contribution in [0.2, 0.25) is 0 Å². The van der Waals surface area contributed by atoms with Crippen molar-refractivity contribution in [1.29, 1.82) is 0 Å². The number of aryl methyl sites for hydroxylation is 1. The van der Waals surface area contributed by atoms with Gasteiger partial charge in [0, 0.05) is 12.1 Å². The molecule has 2 aromatic carbocycles. The number of carbonyl (C=O) groups is 1. The van der Waals surface area contributed by atoms with Gasteiger partial charge in [-0.2, -0.15) is 0 Å². The van der Waals surface area contributed by atoms with Gasteiger partial charge in [0.1, 0.15) is 5.82 Å². The van der Waals surface area contributed by atoms with Crippen LogP contribution >= 0.6 is 0 Å². The van der Waals surface area contributed by atoms with Crippen LogP contribution in [0.3, 0.4) is 0 Å². The van der Waals surface area contributed by atoms with Crippen LogP contribution < -0.4 is 5.32 Å². The fourth-order valence-corrected chi connectivity index (χ4v) is 2.64. The predicted octanol–water partition coefficient (Wildman–Crippen LogP) is 3.03. The molecule has 1 aliphatic heterocycles. The zero-order chi connectivity index (χ0) is 14.1. The number of carbonyl (C=O) groups excluding carboxylic acids is 1. The summed E-state index contributed by atoms with van der Waals surface area (Å²) in [6.45, 7) is 2.38. The molecule has 3 rings (SSSR count). The first-order valence-electron chi connectivity index (χ1n) is 6.75. The summed E-state index contributed by atoms with van der Waals surface area (Å²) in [6.07, 6.45) is 0.686. The Morgan fingerprint density at radius 2 is 1.95 bits per heavy atom. The van der Waals surface area contributed by atoms with Gasteiger partial charge in [-0.05, 0) is 48.2 Å². The lowest BCUT2D eigenvalue weighted by Crippen LogP contribution is -2.41. The highest BCUT2D eigenvalue weighted by Gasteiger charge is 2.25. The van der Waals surface area contributed by atoms with Crippen molar-refractivity contribution in [2.24, 2.45) is 0 Å². The lowest BCUT2D eigenvalue weighted by Gasteiger charge is -2.25. The van der Waals surface area contributed by atoms with Crippen molar-refractivity contribution >= 4 is 5.78 Å². The van der Waals surface area contributed by atoms with E-state index in [4.69, 9.17) is 0 Å². The Kier molecular flexibility index (Phi) is 3.36. The lowest BCUT2D eigenvalue weighted by atomic mass is 9.91. The SMILES string of the molecule is Cc1cc(C(=O)C2Cc3ccccc3CN2)ccc1F. The standard InChI is InChI=1S/C17H16FNO/c1-11-8-13(6-7-15(11)18)17(20)16-9-12-4-2-3-5-14(12)10-19-16/h2-8,16,19H,9-10H2,1H3. The minimum Gasteiger partial charge on any atom is -0.303 e. The van der Waals surface area contributed by atoms with E-state index in [1.54, 1.807) is 19.1 Å². The number of halogens is 1. The zero-order valence-electron chi connectivity index (χ0n) is 11.3. The molecule has 1 aliphatic rings. The smallest absolute Gasteiger partial charge is 0.180 e. The molecule has 3 heteroatoms. The molecule has 0 aromatic heterocycles. The molecule has 20 heavy (non-hydrogen) atoms. The van der Waals surface area contributed by atoms with Crippen LogP contribution in [0.25, 0.3) is 0 Å². The van der Waals surface area contributed by atoms with Gasteiger partial charge in [-0.3, -0.25) is 4.79 Å². The lowest BCUT2D eigenvalue weighted by molar-refractivity contribution is 0.0938. The van der Waals surface area contributed by atoms with Crippen LogP contribution in [0.4, 0.5) is 4.39 Å². The van der Waals surface area contributed by atoms with Gasteiger partial charge in [-0.15, -0.1) is 0 Å². The maximum atomic E-state index is 13.3. The van der Waals surface area contributed by atoms with E-state index in [1.165, 1.54) is 17.2 Å². The summed E-state index contributed by atoms with van der Waals surface area (Å²) in [7, 11) is 0. The van der Waals surface area contributed by atoms with Crippen molar-refractivity contribution in [3.05, 3.63) is 70.5 Å². The van der Waals surface area contributed by atoms with E-state index in [0.717, 1.165) is 0 Å². The van der Waals surface area contributed by atoms with Gasteiger partial charge in [0.15, 0.2) is 5.78 Å². The molecule has 0 amide bonds. The van der Waals surface area contributed by atoms with Crippen molar-refractivity contribution < 1.29 is 9.18 Å². The molecule has 102 valence electrons. The van der Waals surface area contributed by atoms with Crippen LogP contribution in [-0.2, 0) is 13.0 Å². The monoisotopic (exact) mass is 269 g/mol. The molecule has 0 spiro atoms. The molecular formula is C17H16FNO. The molecule has 2 nitrogen and oxygen atoms in total. The first-order chi connectivity index (χ1) is 9.65. The second-order valence-corrected chi connectivity index (χ2v) is 5.23. The van der Waals surface area contributed by atoms with Crippen LogP contribution in [0.1, 0.15) is 27.0 Å². The van der Waals surface area contributed by atoms with Crippen molar-refractivity contribution in [2.75, 3.05) is 0 Å². The van der Waals surface area contributed by atoms with Gasteiger partial charge in [-0.25, -0.2) is 4.39 Å². The maximum absolute atomic E-state index is 13.3. The third-order valence-corrected chi connectivity index (χ3v) is 3.84. The average Bonchev–Trinajstić information content (AvgIpc) is 2.49. The Balaban J connectivity index is 1.84. The molecular weight excluding hydrogens is 253 g/mol. The first-order valence-corrected chi connectivity index (χ1v) is 6.75. The molecule has 0 fully saturated rings. The fourth-order valence-electron chi connectivity index (χ4n) is 2.64. The third-order valence-electron chi connectivity index (χ3n) is 3.84. The number of Topliss-reactive ketones (excluding diaryl/α,β-unsaturated/α-hetero) is 1. The number of rotatable bonds is 2. The third kappa shape index (κ3) is 2.37. The van der Waals surface area contributed by atoms with E-state index < -0.39 is 0 Å². The average molecular weight is 269 g/mol. The topological polar surface area (TPSA) is 29.1 Å². The van der Waals surface area contributed by atoms with Gasteiger partial charge in [0.25, 0.3) is 0 Å². The summed E-state index contributed by atoms with van der Waals surface area (Å²) in [6, 6.07) is 12.5. The molecule has 2 aromatic rings. The van der Waals surface area contributed by atoms with Crippen molar-refractivity contribution in [1.82, 2.24) is 5.32 Å². The minimum absolute atomic E-state index is 0.0302. The van der Waals surface area contributed by atoms with E-state index in [1.807, 2.05) is 12.1 Å². The highest BCUT2D eigenvalue weighted by molar-refractivity contribution is 6.00. The van der Waals surface area contributed by atoms with Crippen molar-refractivity contribution in [2.45, 2.75) is 25.9 Å². The molecule has 1 atom stereocenters. The highest BCUT2D eigenvalue weighted by atomic mass is 19.1. The van der Waals surface area contributed by atoms with E-state index in [9.17, 15) is 9.18 Å². The second-order valence-electron chi connectivity index (χ2n) is 5.23. The summed E-state index contributed by atoms with van der Waals surface area (Å²) in [5.74, 6) is -0.244. The fraction of sp³-hybridized carbons (Fsp3) is 0.235. The first kappa shape index (κ1) is 13.0. The normalized spacial score (nSPS) is 17.6. The Bertz CT molecular complexity index is 666. The Morgan fingerprint density at radius 1 is 1.20 bits per heavy atom. The number of fused-ring (bicyclic) bond motifs is 1. The largest absolute Gasteiger partial charge is 0.303 e. The Morgan fingerprint density at radius 3 is 2.70 bits per heavy atom. The summed E-state index contributed by atoms with van der Waals surface area (Å²) < 4.78 is 13.3. The molecule has 0 saturated heterocycles.